The van der Waals surface area contributed by atoms with E-state index in [2.05, 4.69) is 0 Å². The van der Waals surface area contributed by atoms with Gasteiger partial charge in [0.1, 0.15) is 11.7 Å². The van der Waals surface area contributed by atoms with Crippen LogP contribution in [-0.4, -0.2) is 47.8 Å². The predicted molar refractivity (Wildman–Crippen MR) is 98.7 cm³/mol. The number of aliphatic hydroxyl groups is 1. The second-order valence-electron chi connectivity index (χ2n) is 9.71. The maximum Gasteiger partial charge on any atom is 0.313 e. The Balaban J connectivity index is 1.52. The quantitative estimate of drug-likeness (QED) is 0.575. The Hall–Kier alpha value is -1.90. The van der Waals surface area contributed by atoms with Crippen LogP contribution in [0.3, 0.4) is 0 Å². The minimum absolute atomic E-state index is 0.187. The van der Waals surface area contributed by atoms with Crippen molar-refractivity contribution in [2.75, 3.05) is 13.2 Å². The largest absolute Gasteiger partial charge is 0.472 e. The molecule has 2 bridgehead atoms. The van der Waals surface area contributed by atoms with Crippen molar-refractivity contribution in [3.63, 3.8) is 0 Å². The average molecular weight is 418 g/mol. The molecule has 8 heteroatoms. The molecule has 3 spiro atoms. The van der Waals surface area contributed by atoms with Gasteiger partial charge in [-0.05, 0) is 24.8 Å². The number of hydrogen-bond acceptors (Lipinski definition) is 8. The molecule has 1 N–H and O–H groups in total. The van der Waals surface area contributed by atoms with E-state index in [1.807, 2.05) is 6.92 Å². The summed E-state index contributed by atoms with van der Waals surface area (Å²) in [6, 6.07) is 1.80. The first-order valence-electron chi connectivity index (χ1n) is 10.7. The molecule has 5 fully saturated rings. The van der Waals surface area contributed by atoms with Crippen LogP contribution >= 0.6 is 0 Å². The minimum atomic E-state index is -1.78. The third-order valence-electron chi connectivity index (χ3n) is 8.79. The highest BCUT2D eigenvalue weighted by atomic mass is 16.7. The Kier molecular flexibility index (Phi) is 3.56. The highest BCUT2D eigenvalue weighted by Crippen LogP contribution is 2.75. The number of rotatable bonds is 2. The summed E-state index contributed by atoms with van der Waals surface area (Å²) in [5.74, 6) is -3.38. The van der Waals surface area contributed by atoms with Crippen molar-refractivity contribution in [2.24, 2.45) is 22.7 Å². The molecule has 5 aliphatic rings. The van der Waals surface area contributed by atoms with Crippen LogP contribution in [0.5, 0.6) is 0 Å². The first-order valence-corrected chi connectivity index (χ1v) is 10.7. The average Bonchev–Trinajstić information content (AvgIpc) is 3.06. The van der Waals surface area contributed by atoms with E-state index < -0.39 is 46.3 Å². The molecule has 0 amide bonds. The lowest BCUT2D eigenvalue weighted by molar-refractivity contribution is -0.301. The van der Waals surface area contributed by atoms with Gasteiger partial charge in [-0.25, -0.2) is 0 Å². The lowest BCUT2D eigenvalue weighted by Crippen LogP contribution is -2.72. The molecule has 30 heavy (non-hydrogen) atoms. The fourth-order valence-corrected chi connectivity index (χ4v) is 7.36. The Labute approximate surface area is 173 Å². The first-order chi connectivity index (χ1) is 14.3. The van der Waals surface area contributed by atoms with E-state index in [0.29, 0.717) is 13.0 Å². The topological polar surface area (TPSA) is 108 Å². The first kappa shape index (κ1) is 18.8. The lowest BCUT2D eigenvalue weighted by atomic mass is 9.42. The monoisotopic (exact) mass is 418 g/mol. The molecule has 1 aromatic heterocycles. The molecule has 2 saturated carbocycles. The van der Waals surface area contributed by atoms with Gasteiger partial charge in [-0.3, -0.25) is 9.59 Å². The van der Waals surface area contributed by atoms with Crippen LogP contribution in [-0.2, 0) is 28.5 Å². The van der Waals surface area contributed by atoms with Crippen LogP contribution < -0.4 is 0 Å². The summed E-state index contributed by atoms with van der Waals surface area (Å²) in [6.45, 7) is 3.87. The molecule has 3 saturated heterocycles. The van der Waals surface area contributed by atoms with E-state index in [4.69, 9.17) is 23.4 Å². The van der Waals surface area contributed by atoms with Crippen LogP contribution in [0.15, 0.2) is 23.0 Å². The summed E-state index contributed by atoms with van der Waals surface area (Å²) >= 11 is 0. The highest BCUT2D eigenvalue weighted by molar-refractivity contribution is 5.81. The number of carbonyl (C=O) groups excluding carboxylic acids is 2. The van der Waals surface area contributed by atoms with Crippen molar-refractivity contribution in [3.05, 3.63) is 24.2 Å². The van der Waals surface area contributed by atoms with E-state index in [9.17, 15) is 14.7 Å². The van der Waals surface area contributed by atoms with Crippen LogP contribution in [0.1, 0.15) is 51.2 Å². The molecule has 2 aliphatic carbocycles. The van der Waals surface area contributed by atoms with Crippen LogP contribution in [0.25, 0.3) is 0 Å². The summed E-state index contributed by atoms with van der Waals surface area (Å²) in [5, 5.41) is 11.8. The van der Waals surface area contributed by atoms with Gasteiger partial charge in [-0.1, -0.05) is 13.3 Å². The maximum absolute atomic E-state index is 13.6. The SMILES string of the molecule is CC(=O)OC1C2(O)OCC13C(CCCC31CO1)C1(CC(c3ccoc3)OC1=O)C2C. The molecule has 0 aromatic carbocycles. The van der Waals surface area contributed by atoms with Gasteiger partial charge in [0.25, 0.3) is 0 Å². The second-order valence-corrected chi connectivity index (χ2v) is 9.71. The molecule has 3 aliphatic heterocycles. The van der Waals surface area contributed by atoms with Gasteiger partial charge in [0.05, 0.1) is 36.6 Å². The Morgan fingerprint density at radius 2 is 2.10 bits per heavy atom. The summed E-state index contributed by atoms with van der Waals surface area (Å²) in [7, 11) is 0. The third-order valence-corrected chi connectivity index (χ3v) is 8.79. The molecule has 162 valence electrons. The summed E-state index contributed by atoms with van der Waals surface area (Å²) in [4.78, 5) is 25.6. The molecule has 0 radical (unpaired) electrons. The summed E-state index contributed by atoms with van der Waals surface area (Å²) in [5.41, 5.74) is -1.47. The zero-order chi connectivity index (χ0) is 20.9. The Morgan fingerprint density at radius 3 is 2.77 bits per heavy atom. The molecule has 4 heterocycles. The summed E-state index contributed by atoms with van der Waals surface area (Å²) < 4.78 is 28.9. The predicted octanol–water partition coefficient (Wildman–Crippen LogP) is 2.11. The highest BCUT2D eigenvalue weighted by Gasteiger charge is 2.86. The van der Waals surface area contributed by atoms with E-state index in [-0.39, 0.29) is 18.5 Å². The van der Waals surface area contributed by atoms with Gasteiger partial charge in [0.2, 0.25) is 5.79 Å². The molecule has 8 atom stereocenters. The number of epoxide rings is 1. The molecular weight excluding hydrogens is 392 g/mol. The third kappa shape index (κ3) is 1.94. The zero-order valence-corrected chi connectivity index (χ0v) is 17.1. The van der Waals surface area contributed by atoms with E-state index in [1.54, 1.807) is 18.6 Å². The van der Waals surface area contributed by atoms with Gasteiger partial charge in [0, 0.05) is 24.8 Å². The lowest BCUT2D eigenvalue weighted by Gasteiger charge is -2.60. The van der Waals surface area contributed by atoms with Crippen LogP contribution in [0, 0.1) is 22.7 Å². The second kappa shape index (κ2) is 5.66. The number of furan rings is 1. The van der Waals surface area contributed by atoms with Gasteiger partial charge >= 0.3 is 11.9 Å². The van der Waals surface area contributed by atoms with E-state index >= 15 is 0 Å². The van der Waals surface area contributed by atoms with Crippen molar-refractivity contribution in [1.29, 1.82) is 0 Å². The van der Waals surface area contributed by atoms with Crippen molar-refractivity contribution < 1.29 is 38.1 Å². The zero-order valence-electron chi connectivity index (χ0n) is 17.1. The maximum atomic E-state index is 13.6. The van der Waals surface area contributed by atoms with Crippen molar-refractivity contribution in [3.8, 4) is 0 Å². The molecule has 6 rings (SSSR count). The van der Waals surface area contributed by atoms with Crippen molar-refractivity contribution >= 4 is 11.9 Å². The number of hydrogen-bond donors (Lipinski definition) is 1. The van der Waals surface area contributed by atoms with Gasteiger partial charge in [-0.2, -0.15) is 0 Å². The van der Waals surface area contributed by atoms with Gasteiger partial charge < -0.3 is 28.5 Å². The number of ether oxygens (including phenoxy) is 4. The molecule has 8 unspecified atom stereocenters. The minimum Gasteiger partial charge on any atom is -0.472 e. The van der Waals surface area contributed by atoms with E-state index in [0.717, 1.165) is 24.8 Å². The molecule has 8 nitrogen and oxygen atoms in total. The Morgan fingerprint density at radius 1 is 1.30 bits per heavy atom. The van der Waals surface area contributed by atoms with E-state index in [1.165, 1.54) is 6.92 Å². The Bertz CT molecular complexity index is 906. The number of esters is 2. The fraction of sp³-hybridized carbons (Fsp3) is 0.727. The van der Waals surface area contributed by atoms with Crippen LogP contribution in [0.2, 0.25) is 0 Å². The standard InChI is InChI=1S/C22H26O8/c1-12-20(8-15(30-18(20)24)14-5-7-26-9-14)16-4-3-6-19(10-27-19)21(16)11-28-22(12,25)17(21)29-13(2)23/h5,7,9,12,15-17,25H,3-4,6,8,10-11H2,1-2H3. The number of cyclic esters (lactones) is 1. The van der Waals surface area contributed by atoms with Gasteiger partial charge in [-0.15, -0.1) is 0 Å². The molecule has 1 aromatic rings. The smallest absolute Gasteiger partial charge is 0.313 e. The van der Waals surface area contributed by atoms with Crippen molar-refractivity contribution in [2.45, 2.75) is 63.1 Å². The normalized spacial score (nSPS) is 51.1. The summed E-state index contributed by atoms with van der Waals surface area (Å²) in [6.07, 6.45) is 4.71. The van der Waals surface area contributed by atoms with Crippen LogP contribution in [0.4, 0.5) is 0 Å². The van der Waals surface area contributed by atoms with Crippen molar-refractivity contribution in [1.82, 2.24) is 0 Å². The number of carbonyl (C=O) groups is 2. The number of fused-ring (bicyclic) bond motifs is 2. The van der Waals surface area contributed by atoms with Gasteiger partial charge in [0.15, 0.2) is 6.10 Å². The molecular formula is C22H26O8. The fourth-order valence-electron chi connectivity index (χ4n) is 7.36.